The SMILES string of the molecule is CC1CCCN(S(=O)(=O)N2C[C@@H](C(F)(F)F)[C@H](C(=O)O)C2)C1. The number of piperidine rings is 1. The molecule has 0 amide bonds. The first-order chi connectivity index (χ1) is 10.0. The van der Waals surface area contributed by atoms with Crippen LogP contribution in [0, 0.1) is 17.8 Å². The largest absolute Gasteiger partial charge is 0.481 e. The molecule has 6 nitrogen and oxygen atoms in total. The minimum atomic E-state index is -4.73. The van der Waals surface area contributed by atoms with Gasteiger partial charge in [-0.2, -0.15) is 30.2 Å². The molecule has 128 valence electrons. The van der Waals surface area contributed by atoms with Crippen LogP contribution < -0.4 is 0 Å². The van der Waals surface area contributed by atoms with Crippen molar-refractivity contribution in [2.24, 2.45) is 17.8 Å². The van der Waals surface area contributed by atoms with Crippen LogP contribution in [0.1, 0.15) is 19.8 Å². The van der Waals surface area contributed by atoms with Crippen LogP contribution in [-0.2, 0) is 15.0 Å². The fourth-order valence-corrected chi connectivity index (χ4v) is 4.88. The Morgan fingerprint density at radius 1 is 1.18 bits per heavy atom. The van der Waals surface area contributed by atoms with E-state index in [4.69, 9.17) is 5.11 Å². The number of hydrogen-bond donors (Lipinski definition) is 1. The maximum Gasteiger partial charge on any atom is 0.393 e. The monoisotopic (exact) mass is 344 g/mol. The molecular weight excluding hydrogens is 325 g/mol. The number of carboxylic acids is 1. The molecule has 10 heteroatoms. The Morgan fingerprint density at radius 2 is 1.82 bits per heavy atom. The highest BCUT2D eigenvalue weighted by Gasteiger charge is 2.55. The molecule has 2 aliphatic heterocycles. The smallest absolute Gasteiger partial charge is 0.393 e. The quantitative estimate of drug-likeness (QED) is 0.833. The van der Waals surface area contributed by atoms with Gasteiger partial charge in [0.15, 0.2) is 0 Å². The maximum atomic E-state index is 12.9. The Balaban J connectivity index is 2.20. The Kier molecular flexibility index (Phi) is 4.74. The van der Waals surface area contributed by atoms with Crippen LogP contribution in [0.2, 0.25) is 0 Å². The Morgan fingerprint density at radius 3 is 2.27 bits per heavy atom. The summed E-state index contributed by atoms with van der Waals surface area (Å²) < 4.78 is 65.6. The molecule has 1 N–H and O–H groups in total. The van der Waals surface area contributed by atoms with E-state index in [1.54, 1.807) is 0 Å². The number of carbonyl (C=O) groups is 1. The van der Waals surface area contributed by atoms with Gasteiger partial charge in [-0.15, -0.1) is 0 Å². The molecule has 2 fully saturated rings. The van der Waals surface area contributed by atoms with Crippen molar-refractivity contribution in [1.82, 2.24) is 8.61 Å². The highest BCUT2D eigenvalue weighted by Crippen LogP contribution is 2.39. The average molecular weight is 344 g/mol. The lowest BCUT2D eigenvalue weighted by Gasteiger charge is -2.33. The zero-order chi connectivity index (χ0) is 16.7. The zero-order valence-corrected chi connectivity index (χ0v) is 12.9. The van der Waals surface area contributed by atoms with Crippen LogP contribution >= 0.6 is 0 Å². The summed E-state index contributed by atoms with van der Waals surface area (Å²) in [5.74, 6) is -5.40. The number of nitrogens with zero attached hydrogens (tertiary/aromatic N) is 2. The maximum absolute atomic E-state index is 12.9. The molecule has 2 rings (SSSR count). The molecule has 0 aliphatic carbocycles. The van der Waals surface area contributed by atoms with E-state index in [9.17, 15) is 26.4 Å². The first-order valence-corrected chi connectivity index (χ1v) is 8.48. The lowest BCUT2D eigenvalue weighted by Crippen LogP contribution is -2.47. The van der Waals surface area contributed by atoms with Gasteiger partial charge in [-0.1, -0.05) is 6.92 Å². The van der Waals surface area contributed by atoms with Gasteiger partial charge in [-0.25, -0.2) is 0 Å². The van der Waals surface area contributed by atoms with Gasteiger partial charge in [0, 0.05) is 26.2 Å². The summed E-state index contributed by atoms with van der Waals surface area (Å²) in [6, 6.07) is 0. The van der Waals surface area contributed by atoms with E-state index in [2.05, 4.69) is 0 Å². The van der Waals surface area contributed by atoms with Crippen LogP contribution in [0.25, 0.3) is 0 Å². The highest BCUT2D eigenvalue weighted by molar-refractivity contribution is 7.86. The Labute approximate surface area is 127 Å². The van der Waals surface area contributed by atoms with Crippen molar-refractivity contribution >= 4 is 16.2 Å². The van der Waals surface area contributed by atoms with E-state index in [1.807, 2.05) is 6.92 Å². The molecule has 3 atom stereocenters. The van der Waals surface area contributed by atoms with Crippen molar-refractivity contribution < 1.29 is 31.5 Å². The molecular formula is C12H19F3N2O4S. The van der Waals surface area contributed by atoms with Gasteiger partial charge in [-0.05, 0) is 18.8 Å². The summed E-state index contributed by atoms with van der Waals surface area (Å²) in [5, 5.41) is 8.95. The predicted molar refractivity (Wildman–Crippen MR) is 71.1 cm³/mol. The van der Waals surface area contributed by atoms with Gasteiger partial charge in [0.25, 0.3) is 10.2 Å². The molecule has 1 unspecified atom stereocenters. The molecule has 0 spiro atoms. The van der Waals surface area contributed by atoms with Gasteiger partial charge >= 0.3 is 12.1 Å². The highest BCUT2D eigenvalue weighted by atomic mass is 32.2. The van der Waals surface area contributed by atoms with Crippen LogP contribution in [0.15, 0.2) is 0 Å². The summed E-state index contributed by atoms with van der Waals surface area (Å²) in [5.41, 5.74) is 0. The van der Waals surface area contributed by atoms with Crippen LogP contribution in [0.5, 0.6) is 0 Å². The summed E-state index contributed by atoms with van der Waals surface area (Å²) in [6.07, 6.45) is -3.21. The summed E-state index contributed by atoms with van der Waals surface area (Å²) in [4.78, 5) is 11.0. The first kappa shape index (κ1) is 17.5. The molecule has 0 bridgehead atoms. The van der Waals surface area contributed by atoms with Crippen molar-refractivity contribution in [3.05, 3.63) is 0 Å². The molecule has 0 aromatic carbocycles. The summed E-state index contributed by atoms with van der Waals surface area (Å²) in [7, 11) is -4.05. The number of alkyl halides is 3. The topological polar surface area (TPSA) is 77.9 Å². The van der Waals surface area contributed by atoms with E-state index < -0.39 is 47.3 Å². The van der Waals surface area contributed by atoms with Crippen molar-refractivity contribution in [3.8, 4) is 0 Å². The number of hydrogen-bond acceptors (Lipinski definition) is 3. The van der Waals surface area contributed by atoms with E-state index in [-0.39, 0.29) is 19.0 Å². The van der Waals surface area contributed by atoms with Gasteiger partial charge in [0.05, 0.1) is 11.8 Å². The van der Waals surface area contributed by atoms with Crippen LogP contribution in [0.4, 0.5) is 13.2 Å². The third-order valence-electron chi connectivity index (χ3n) is 4.30. The predicted octanol–water partition coefficient (Wildman–Crippen LogP) is 1.16. The number of halogens is 3. The second-order valence-electron chi connectivity index (χ2n) is 6.02. The van der Waals surface area contributed by atoms with Crippen LogP contribution in [-0.4, -0.2) is 60.5 Å². The molecule has 0 radical (unpaired) electrons. The summed E-state index contributed by atoms with van der Waals surface area (Å²) in [6.45, 7) is 0.940. The van der Waals surface area contributed by atoms with Gasteiger partial charge in [0.2, 0.25) is 0 Å². The average Bonchev–Trinajstić information content (AvgIpc) is 2.84. The Bertz CT molecular complexity index is 537. The molecule has 2 aliphatic rings. The summed E-state index contributed by atoms with van der Waals surface area (Å²) >= 11 is 0. The molecule has 0 aromatic heterocycles. The number of aliphatic carboxylic acids is 1. The Hall–Kier alpha value is -0.870. The molecule has 2 heterocycles. The fraction of sp³-hybridized carbons (Fsp3) is 0.917. The standard InChI is InChI=1S/C12H19F3N2O4S/c1-8-3-2-4-16(5-8)22(20,21)17-6-9(11(18)19)10(7-17)12(13,14)15/h8-10H,2-7H2,1H3,(H,18,19)/t8?,9-,10-/m1/s1. The third kappa shape index (κ3) is 3.38. The fourth-order valence-electron chi connectivity index (χ4n) is 3.06. The van der Waals surface area contributed by atoms with Crippen molar-refractivity contribution in [1.29, 1.82) is 0 Å². The molecule has 2 saturated heterocycles. The zero-order valence-electron chi connectivity index (χ0n) is 12.1. The molecule has 0 saturated carbocycles. The van der Waals surface area contributed by atoms with Crippen molar-refractivity contribution in [3.63, 3.8) is 0 Å². The van der Waals surface area contributed by atoms with Gasteiger partial charge in [-0.3, -0.25) is 4.79 Å². The van der Waals surface area contributed by atoms with Gasteiger partial charge in [0.1, 0.15) is 0 Å². The van der Waals surface area contributed by atoms with E-state index in [0.717, 1.165) is 6.42 Å². The number of rotatable bonds is 3. The molecule has 0 aromatic rings. The van der Waals surface area contributed by atoms with Crippen LogP contribution in [0.3, 0.4) is 0 Å². The van der Waals surface area contributed by atoms with Gasteiger partial charge < -0.3 is 5.11 Å². The third-order valence-corrected chi connectivity index (χ3v) is 6.23. The number of carboxylic acid groups (broad SMARTS) is 1. The minimum absolute atomic E-state index is 0.139. The first-order valence-electron chi connectivity index (χ1n) is 7.08. The van der Waals surface area contributed by atoms with E-state index in [1.165, 1.54) is 4.31 Å². The normalized spacial score (nSPS) is 32.3. The van der Waals surface area contributed by atoms with Crippen molar-refractivity contribution in [2.45, 2.75) is 25.9 Å². The lowest BCUT2D eigenvalue weighted by molar-refractivity contribution is -0.187. The molecule has 22 heavy (non-hydrogen) atoms. The van der Waals surface area contributed by atoms with Crippen molar-refractivity contribution in [2.75, 3.05) is 26.2 Å². The minimum Gasteiger partial charge on any atom is -0.481 e. The second-order valence-corrected chi connectivity index (χ2v) is 7.95. The van der Waals surface area contributed by atoms with E-state index in [0.29, 0.717) is 10.7 Å². The second kappa shape index (κ2) is 5.97. The van der Waals surface area contributed by atoms with E-state index >= 15 is 0 Å². The lowest BCUT2D eigenvalue weighted by atomic mass is 9.96.